The maximum Gasteiger partial charge on any atom is 0.322 e. The molecule has 1 aromatic heterocycles. The minimum absolute atomic E-state index is 0.0966. The lowest BCUT2D eigenvalue weighted by atomic mass is 9.89. The van der Waals surface area contributed by atoms with Gasteiger partial charge in [-0.3, -0.25) is 19.9 Å². The molecular formula is C29H28N4O5. The molecule has 3 aromatic rings. The molecule has 0 radical (unpaired) electrons. The van der Waals surface area contributed by atoms with Gasteiger partial charge in [0.2, 0.25) is 6.41 Å². The molecular weight excluding hydrogens is 484 g/mol. The number of rotatable bonds is 11. The number of aromatic nitrogens is 1. The third-order valence-electron chi connectivity index (χ3n) is 6.14. The molecule has 38 heavy (non-hydrogen) atoms. The van der Waals surface area contributed by atoms with Gasteiger partial charge in [-0.15, -0.1) is 0 Å². The Morgan fingerprint density at radius 3 is 2.50 bits per heavy atom. The second-order valence-electron chi connectivity index (χ2n) is 8.72. The van der Waals surface area contributed by atoms with Gasteiger partial charge in [0.15, 0.2) is 5.54 Å². The predicted octanol–water partition coefficient (Wildman–Crippen LogP) is 4.18. The Bertz CT molecular complexity index is 1430. The average molecular weight is 513 g/mol. The zero-order valence-electron chi connectivity index (χ0n) is 21.1. The molecule has 1 saturated heterocycles. The number of carbonyl (C=O) groups excluding carboxylic acids is 3. The van der Waals surface area contributed by atoms with Crippen molar-refractivity contribution >= 4 is 29.1 Å². The van der Waals surface area contributed by atoms with Crippen molar-refractivity contribution in [2.24, 2.45) is 0 Å². The number of benzene rings is 2. The molecule has 2 heterocycles. The number of pyridine rings is 1. The van der Waals surface area contributed by atoms with Crippen molar-refractivity contribution in [1.29, 1.82) is 0 Å². The summed E-state index contributed by atoms with van der Waals surface area (Å²) in [5, 5.41) is 6.99. The highest BCUT2D eigenvalue weighted by molar-refractivity contribution is 6.07. The van der Waals surface area contributed by atoms with E-state index in [0.29, 0.717) is 34.8 Å². The van der Waals surface area contributed by atoms with Gasteiger partial charge in [-0.1, -0.05) is 24.8 Å². The van der Waals surface area contributed by atoms with E-state index in [1.807, 2.05) is 31.2 Å². The number of methoxy groups -OCH3 is 1. The molecule has 1 atom stereocenters. The number of nitrogens with one attached hydrogen (secondary N) is 2. The summed E-state index contributed by atoms with van der Waals surface area (Å²) in [4.78, 5) is 42.6. The smallest absolute Gasteiger partial charge is 0.322 e. The van der Waals surface area contributed by atoms with Gasteiger partial charge in [0.25, 0.3) is 5.91 Å². The Balaban J connectivity index is 1.53. The van der Waals surface area contributed by atoms with Gasteiger partial charge >= 0.3 is 6.03 Å². The Labute approximate surface area is 220 Å². The minimum Gasteiger partial charge on any atom is -0.497 e. The molecule has 2 N–H and O–H groups in total. The second-order valence-corrected chi connectivity index (χ2v) is 8.72. The second kappa shape index (κ2) is 11.4. The highest BCUT2D eigenvalue weighted by atomic mass is 16.5. The predicted molar refractivity (Wildman–Crippen MR) is 143 cm³/mol. The van der Waals surface area contributed by atoms with E-state index in [4.69, 9.17) is 9.47 Å². The molecule has 1 fully saturated rings. The Morgan fingerprint density at radius 2 is 1.84 bits per heavy atom. The summed E-state index contributed by atoms with van der Waals surface area (Å²) < 4.78 is 11.2. The van der Waals surface area contributed by atoms with Crippen LogP contribution in [0.15, 0.2) is 97.1 Å². The van der Waals surface area contributed by atoms with E-state index >= 15 is 0 Å². The Hall–Kier alpha value is -4.92. The first-order chi connectivity index (χ1) is 18.4. The molecule has 2 aromatic carbocycles. The van der Waals surface area contributed by atoms with Crippen molar-refractivity contribution in [2.75, 3.05) is 20.2 Å². The third-order valence-corrected chi connectivity index (χ3v) is 6.14. The molecule has 4 rings (SSSR count). The summed E-state index contributed by atoms with van der Waals surface area (Å²) in [6.45, 7) is 5.86. The fraction of sp³-hybridized carbons (Fsp3) is 0.172. The number of amides is 4. The average Bonchev–Trinajstić information content (AvgIpc) is 3.22. The Kier molecular flexibility index (Phi) is 7.86. The highest BCUT2D eigenvalue weighted by Crippen LogP contribution is 2.30. The lowest BCUT2D eigenvalue weighted by Gasteiger charge is -2.31. The molecule has 1 aliphatic heterocycles. The summed E-state index contributed by atoms with van der Waals surface area (Å²) in [5.74, 6) is 1.28. The van der Waals surface area contributed by atoms with Crippen LogP contribution >= 0.6 is 0 Å². The number of allylic oxidation sites excluding steroid dienone is 2. The van der Waals surface area contributed by atoms with E-state index in [2.05, 4.69) is 22.2 Å². The van der Waals surface area contributed by atoms with Crippen molar-refractivity contribution in [1.82, 2.24) is 20.5 Å². The molecule has 0 saturated carbocycles. The van der Waals surface area contributed by atoms with Gasteiger partial charge in [-0.05, 0) is 72.0 Å². The van der Waals surface area contributed by atoms with Crippen LogP contribution in [0.25, 0.3) is 10.8 Å². The standard InChI is InChI=1S/C29H28N4O5/c1-4-24(37-3)9-5-20(2)17-33(19-34)18-29(27(35)31-28(36)32-29)23-7-11-25(12-8-23)38-26-10-6-22-16-30-14-13-21(22)15-26/h4-16,19H,2,17-18H2,1,3H3,(H2,31,32,35,36)/b9-5-,24-4+/t29-/m0/s1. The van der Waals surface area contributed by atoms with Crippen LogP contribution in [0.2, 0.25) is 0 Å². The molecule has 9 heteroatoms. The number of ether oxygens (including phenoxy) is 2. The van der Waals surface area contributed by atoms with Crippen LogP contribution in [-0.2, 0) is 19.9 Å². The number of carbonyl (C=O) groups is 3. The van der Waals surface area contributed by atoms with Crippen LogP contribution in [-0.4, -0.2) is 48.4 Å². The molecule has 0 spiro atoms. The number of hydrogen-bond acceptors (Lipinski definition) is 6. The van der Waals surface area contributed by atoms with E-state index < -0.39 is 17.5 Å². The largest absolute Gasteiger partial charge is 0.497 e. The summed E-state index contributed by atoms with van der Waals surface area (Å²) in [7, 11) is 1.56. The van der Waals surface area contributed by atoms with Crippen LogP contribution in [0.3, 0.4) is 0 Å². The number of nitrogens with zero attached hydrogens (tertiary/aromatic N) is 2. The molecule has 9 nitrogen and oxygen atoms in total. The normalized spacial score (nSPS) is 17.3. The monoisotopic (exact) mass is 512 g/mol. The van der Waals surface area contributed by atoms with Crippen LogP contribution < -0.4 is 15.4 Å². The SMILES string of the molecule is C=C(/C=C\C(=C/C)OC)CN(C=O)C[C@@]1(c2ccc(Oc3ccc4cnccc4c3)cc2)NC(=O)NC1=O. The number of imide groups is 1. The van der Waals surface area contributed by atoms with Gasteiger partial charge in [0.1, 0.15) is 17.3 Å². The zero-order valence-corrected chi connectivity index (χ0v) is 21.1. The van der Waals surface area contributed by atoms with Gasteiger partial charge in [0, 0.05) is 24.3 Å². The first-order valence-corrected chi connectivity index (χ1v) is 11.9. The maximum absolute atomic E-state index is 13.0. The molecule has 4 amide bonds. The van der Waals surface area contributed by atoms with Crippen molar-refractivity contribution in [2.45, 2.75) is 12.5 Å². The fourth-order valence-electron chi connectivity index (χ4n) is 4.20. The van der Waals surface area contributed by atoms with Crippen LogP contribution in [0.4, 0.5) is 4.79 Å². The third kappa shape index (κ3) is 5.73. The maximum atomic E-state index is 13.0. The topological polar surface area (TPSA) is 110 Å². The van der Waals surface area contributed by atoms with E-state index in [0.717, 1.165) is 10.8 Å². The number of hydrogen-bond donors (Lipinski definition) is 2. The van der Waals surface area contributed by atoms with Crippen molar-refractivity contribution in [3.05, 3.63) is 103 Å². The van der Waals surface area contributed by atoms with Crippen LogP contribution in [0.1, 0.15) is 12.5 Å². The number of urea groups is 1. The van der Waals surface area contributed by atoms with E-state index in [9.17, 15) is 14.4 Å². The lowest BCUT2D eigenvalue weighted by molar-refractivity contribution is -0.126. The molecule has 194 valence electrons. The first-order valence-electron chi connectivity index (χ1n) is 11.9. The number of fused-ring (bicyclic) bond motifs is 1. The quantitative estimate of drug-likeness (QED) is 0.173. The summed E-state index contributed by atoms with van der Waals surface area (Å²) >= 11 is 0. The lowest BCUT2D eigenvalue weighted by Crippen LogP contribution is -2.52. The van der Waals surface area contributed by atoms with Crippen LogP contribution in [0.5, 0.6) is 11.5 Å². The van der Waals surface area contributed by atoms with Crippen molar-refractivity contribution in [3.8, 4) is 11.5 Å². The minimum atomic E-state index is -1.47. The Morgan fingerprint density at radius 1 is 1.08 bits per heavy atom. The summed E-state index contributed by atoms with van der Waals surface area (Å²) in [6, 6.07) is 13.8. The van der Waals surface area contributed by atoms with E-state index in [-0.39, 0.29) is 13.1 Å². The molecule has 1 aliphatic rings. The van der Waals surface area contributed by atoms with Crippen molar-refractivity contribution in [3.63, 3.8) is 0 Å². The molecule has 0 unspecified atom stereocenters. The van der Waals surface area contributed by atoms with Gasteiger partial charge in [-0.2, -0.15) is 0 Å². The van der Waals surface area contributed by atoms with E-state index in [1.54, 1.807) is 62.0 Å². The highest BCUT2D eigenvalue weighted by Gasteiger charge is 2.48. The van der Waals surface area contributed by atoms with Crippen LogP contribution in [0, 0.1) is 0 Å². The fourth-order valence-corrected chi connectivity index (χ4v) is 4.20. The van der Waals surface area contributed by atoms with Crippen molar-refractivity contribution < 1.29 is 23.9 Å². The van der Waals surface area contributed by atoms with Gasteiger partial charge < -0.3 is 19.7 Å². The van der Waals surface area contributed by atoms with E-state index in [1.165, 1.54) is 4.90 Å². The van der Waals surface area contributed by atoms with Gasteiger partial charge in [0.05, 0.1) is 13.7 Å². The summed E-state index contributed by atoms with van der Waals surface area (Å²) in [6.07, 6.45) is 9.37. The molecule has 0 aliphatic carbocycles. The first kappa shape index (κ1) is 26.2. The summed E-state index contributed by atoms with van der Waals surface area (Å²) in [5.41, 5.74) is -0.359. The van der Waals surface area contributed by atoms with Gasteiger partial charge in [-0.25, -0.2) is 4.79 Å². The molecule has 0 bridgehead atoms. The zero-order chi connectivity index (χ0) is 27.1.